The summed E-state index contributed by atoms with van der Waals surface area (Å²) in [6.07, 6.45) is 0. The van der Waals surface area contributed by atoms with Crippen molar-refractivity contribution in [3.8, 4) is 56.7 Å². The fourth-order valence-electron chi connectivity index (χ4n) is 9.60. The van der Waals surface area contributed by atoms with Gasteiger partial charge in [0.1, 0.15) is 39.2 Å². The van der Waals surface area contributed by atoms with Gasteiger partial charge < -0.3 is 4.57 Å². The zero-order valence-corrected chi connectivity index (χ0v) is 34.9. The molecule has 3 aromatic heterocycles. The molecule has 0 atom stereocenters. The van der Waals surface area contributed by atoms with Gasteiger partial charge in [0.05, 0.1) is 27.8 Å². The predicted octanol–water partition coefficient (Wildman–Crippen LogP) is 4.03. The van der Waals surface area contributed by atoms with Crippen molar-refractivity contribution in [1.82, 2.24) is 24.1 Å². The summed E-state index contributed by atoms with van der Waals surface area (Å²) in [6, 6.07) is 60.2. The van der Waals surface area contributed by atoms with Gasteiger partial charge in [-0.15, -0.1) is 16.4 Å². The van der Waals surface area contributed by atoms with E-state index >= 15 is 0 Å². The van der Waals surface area contributed by atoms with Crippen LogP contribution in [0.1, 0.15) is 0 Å². The zero-order chi connectivity index (χ0) is 41.4. The smallest absolute Gasteiger partial charge is 0.238 e. The van der Waals surface area contributed by atoms with Crippen molar-refractivity contribution < 1.29 is 0 Å². The molecule has 282 valence electrons. The van der Waals surface area contributed by atoms with Crippen molar-refractivity contribution in [1.29, 1.82) is 0 Å². The first kappa shape index (κ1) is 36.8. The van der Waals surface area contributed by atoms with Crippen molar-refractivity contribution in [2.75, 3.05) is 0 Å². The lowest BCUT2D eigenvalue weighted by atomic mass is 9.59. The maximum absolute atomic E-state index is 5.33. The van der Waals surface area contributed by atoms with Crippen LogP contribution in [0, 0.1) is 0 Å². The summed E-state index contributed by atoms with van der Waals surface area (Å²) in [5.41, 5.74) is 18.8. The van der Waals surface area contributed by atoms with Gasteiger partial charge in [0.25, 0.3) is 0 Å². The molecule has 0 unspecified atom stereocenters. The zero-order valence-electron chi connectivity index (χ0n) is 34.9. The number of aromatic nitrogens is 5. The van der Waals surface area contributed by atoms with E-state index in [1.54, 1.807) is 0 Å². The number of hydrogen-bond acceptors (Lipinski definition) is 3. The van der Waals surface area contributed by atoms with Gasteiger partial charge in [0.15, 0.2) is 11.6 Å². The normalized spacial score (nSPS) is 11.6. The van der Waals surface area contributed by atoms with Crippen LogP contribution in [0.15, 0.2) is 170 Å². The van der Waals surface area contributed by atoms with Crippen LogP contribution in [-0.4, -0.2) is 63.3 Å². The summed E-state index contributed by atoms with van der Waals surface area (Å²) >= 11 is 0. The van der Waals surface area contributed by atoms with Crippen LogP contribution in [0.3, 0.4) is 0 Å². The molecule has 0 saturated heterocycles. The molecule has 0 amide bonds. The monoisotopic (exact) mass is 775 g/mol. The van der Waals surface area contributed by atoms with E-state index in [0.29, 0.717) is 17.6 Å². The van der Waals surface area contributed by atoms with Crippen LogP contribution < -0.4 is 27.3 Å². The molecule has 0 fully saturated rings. The molecular formula is C51H38B5N5. The number of benzene rings is 8. The second kappa shape index (κ2) is 14.5. The standard InChI is InChI=1S/C51H38B5N5/c52-42-41(43(53)45(55)46(56)44(42)54)36-23-14-26-39(40(36)29-15-4-1-5-16-29)60-37-24-12-10-21-32(37)34-27-28-35-33-22-11-13-25-38(33)61(48(35)47(34)60)51-58-49(30-17-6-2-7-18-30)57-50(59-51)31-19-8-3-9-20-31/h1-28H,52-56H2. The largest absolute Gasteiger partial charge is 0.307 e. The second-order valence-electron chi connectivity index (χ2n) is 16.1. The Morgan fingerprint density at radius 3 is 1.31 bits per heavy atom. The van der Waals surface area contributed by atoms with Crippen LogP contribution in [0.25, 0.3) is 100 Å². The Bertz CT molecular complexity index is 3440. The molecule has 3 heterocycles. The van der Waals surface area contributed by atoms with Gasteiger partial charge in [0, 0.05) is 38.2 Å². The number of rotatable bonds is 6. The lowest BCUT2D eigenvalue weighted by molar-refractivity contribution is 0.953. The Hall–Kier alpha value is -7.31. The van der Waals surface area contributed by atoms with E-state index in [1.165, 1.54) is 55.0 Å². The molecular weight excluding hydrogens is 737 g/mol. The Kier molecular flexibility index (Phi) is 8.71. The molecule has 0 aliphatic carbocycles. The van der Waals surface area contributed by atoms with E-state index in [-0.39, 0.29) is 0 Å². The SMILES string of the molecule is Bc1c(B)c(B)c(-c2cccc(-n3c4ccccc4c4ccc5c6ccccc6n(-c6nc(-c7ccccc7)nc(-c7ccccc7)n6)c5c43)c2-c2ccccc2)c(B)c1B. The number of para-hydroxylation sites is 2. The van der Waals surface area contributed by atoms with Gasteiger partial charge in [-0.2, -0.15) is 9.97 Å². The van der Waals surface area contributed by atoms with Crippen LogP contribution >= 0.6 is 0 Å². The first-order chi connectivity index (χ1) is 29.9. The van der Waals surface area contributed by atoms with Crippen molar-refractivity contribution in [3.05, 3.63) is 170 Å². The Labute approximate surface area is 359 Å². The number of nitrogens with zero attached hydrogens (tertiary/aromatic N) is 5. The summed E-state index contributed by atoms with van der Waals surface area (Å²) in [5, 5.41) is 4.60. The molecule has 5 nitrogen and oxygen atoms in total. The molecule has 0 aliphatic rings. The number of hydrogen-bond donors (Lipinski definition) is 0. The molecule has 11 rings (SSSR count). The quantitative estimate of drug-likeness (QED) is 0.240. The third kappa shape index (κ3) is 5.73. The Morgan fingerprint density at radius 2 is 0.770 bits per heavy atom. The first-order valence-corrected chi connectivity index (χ1v) is 21.0. The van der Waals surface area contributed by atoms with E-state index in [1.807, 2.05) is 36.4 Å². The van der Waals surface area contributed by atoms with Gasteiger partial charge in [-0.25, -0.2) is 4.98 Å². The fraction of sp³-hybridized carbons (Fsp3) is 0. The average Bonchev–Trinajstić information content (AvgIpc) is 3.84. The molecule has 0 saturated carbocycles. The van der Waals surface area contributed by atoms with Crippen LogP contribution in [0.2, 0.25) is 0 Å². The minimum Gasteiger partial charge on any atom is -0.307 e. The minimum absolute atomic E-state index is 0.567. The van der Waals surface area contributed by atoms with Crippen molar-refractivity contribution >= 4 is 110 Å². The predicted molar refractivity (Wildman–Crippen MR) is 271 cm³/mol. The van der Waals surface area contributed by atoms with Gasteiger partial charge in [-0.05, 0) is 34.9 Å². The molecule has 0 N–H and O–H groups in total. The second-order valence-corrected chi connectivity index (χ2v) is 16.1. The van der Waals surface area contributed by atoms with E-state index < -0.39 is 0 Å². The van der Waals surface area contributed by atoms with Gasteiger partial charge in [-0.1, -0.05) is 163 Å². The van der Waals surface area contributed by atoms with Crippen molar-refractivity contribution in [3.63, 3.8) is 0 Å². The first-order valence-electron chi connectivity index (χ1n) is 21.0. The highest BCUT2D eigenvalue weighted by atomic mass is 15.2. The highest BCUT2D eigenvalue weighted by molar-refractivity contribution is 6.68. The lowest BCUT2D eigenvalue weighted by Crippen LogP contribution is -2.55. The summed E-state index contributed by atoms with van der Waals surface area (Å²) in [6.45, 7) is 0. The van der Waals surface area contributed by atoms with Crippen LogP contribution in [-0.2, 0) is 0 Å². The molecule has 0 aliphatic heterocycles. The molecule has 0 bridgehead atoms. The molecule has 10 heteroatoms. The third-order valence-corrected chi connectivity index (χ3v) is 13.0. The van der Waals surface area contributed by atoms with Gasteiger partial charge in [-0.3, -0.25) is 4.57 Å². The lowest BCUT2D eigenvalue weighted by Gasteiger charge is -2.24. The van der Waals surface area contributed by atoms with Crippen LogP contribution in [0.5, 0.6) is 0 Å². The number of fused-ring (bicyclic) bond motifs is 7. The minimum atomic E-state index is 0.567. The fourth-order valence-corrected chi connectivity index (χ4v) is 9.60. The Balaban J connectivity index is 1.32. The van der Waals surface area contributed by atoms with E-state index in [4.69, 9.17) is 15.0 Å². The highest BCUT2D eigenvalue weighted by Crippen LogP contribution is 2.44. The molecule has 11 aromatic rings. The summed E-state index contributed by atoms with van der Waals surface area (Å²) in [5.74, 6) is 1.81. The third-order valence-electron chi connectivity index (χ3n) is 13.0. The Morgan fingerprint density at radius 1 is 0.328 bits per heavy atom. The van der Waals surface area contributed by atoms with E-state index in [0.717, 1.165) is 55.0 Å². The van der Waals surface area contributed by atoms with Crippen molar-refractivity contribution in [2.45, 2.75) is 0 Å². The van der Waals surface area contributed by atoms with E-state index in [2.05, 4.69) is 182 Å². The summed E-state index contributed by atoms with van der Waals surface area (Å²) in [7, 11) is 11.4. The van der Waals surface area contributed by atoms with Gasteiger partial charge >= 0.3 is 0 Å². The summed E-state index contributed by atoms with van der Waals surface area (Å²) in [4.78, 5) is 15.7. The van der Waals surface area contributed by atoms with Gasteiger partial charge in [0.2, 0.25) is 5.95 Å². The maximum Gasteiger partial charge on any atom is 0.238 e. The van der Waals surface area contributed by atoms with Crippen LogP contribution in [0.4, 0.5) is 0 Å². The van der Waals surface area contributed by atoms with Crippen molar-refractivity contribution in [2.24, 2.45) is 0 Å². The molecule has 0 spiro atoms. The molecule has 61 heavy (non-hydrogen) atoms. The van der Waals surface area contributed by atoms with E-state index in [9.17, 15) is 0 Å². The summed E-state index contributed by atoms with van der Waals surface area (Å²) < 4.78 is 4.78. The molecule has 0 radical (unpaired) electrons. The topological polar surface area (TPSA) is 48.5 Å². The average molecular weight is 775 g/mol. The maximum atomic E-state index is 5.33. The molecule has 8 aromatic carbocycles. The highest BCUT2D eigenvalue weighted by Gasteiger charge is 2.26.